The van der Waals surface area contributed by atoms with Crippen LogP contribution in [0.4, 0.5) is 4.79 Å². The van der Waals surface area contributed by atoms with E-state index >= 15 is 0 Å². The van der Waals surface area contributed by atoms with Gasteiger partial charge in [-0.05, 0) is 29.2 Å². The number of nitrogens with zero attached hydrogens (tertiary/aromatic N) is 1. The second-order valence-corrected chi connectivity index (χ2v) is 8.18. The molecule has 4 rings (SSSR count). The van der Waals surface area contributed by atoms with Crippen LogP contribution in [-0.2, 0) is 38.8 Å². The number of carbonyl (C=O) groups excluding carboxylic acids is 5. The first-order chi connectivity index (χ1) is 16.8. The second kappa shape index (κ2) is 10.2. The van der Waals surface area contributed by atoms with Crippen molar-refractivity contribution in [2.75, 3.05) is 6.61 Å². The number of imide groups is 1. The molecule has 1 unspecified atom stereocenters. The van der Waals surface area contributed by atoms with Crippen LogP contribution in [0.3, 0.4) is 0 Å². The Hall–Kier alpha value is -4.41. The van der Waals surface area contributed by atoms with E-state index in [1.165, 1.54) is 4.90 Å². The lowest BCUT2D eigenvalue weighted by Crippen LogP contribution is -2.52. The monoisotopic (exact) mass is 480 g/mol. The zero-order chi connectivity index (χ0) is 24.9. The number of piperidine rings is 1. The quantitative estimate of drug-likeness (QED) is 0.470. The highest BCUT2D eigenvalue weighted by Crippen LogP contribution is 2.33. The summed E-state index contributed by atoms with van der Waals surface area (Å²) in [6, 6.07) is 11.5. The smallest absolute Gasteiger partial charge is 0.404 e. The van der Waals surface area contributed by atoms with Crippen LogP contribution in [0, 0.1) is 0 Å². The first-order valence-corrected chi connectivity index (χ1v) is 11.0. The van der Waals surface area contributed by atoms with Gasteiger partial charge in [-0.3, -0.25) is 24.5 Å². The number of nitrogens with two attached hydrogens (primary N) is 1. The zero-order valence-electron chi connectivity index (χ0n) is 18.7. The topological polar surface area (TPSA) is 157 Å². The van der Waals surface area contributed by atoms with Crippen molar-refractivity contribution >= 4 is 29.7 Å². The Morgan fingerprint density at radius 2 is 1.83 bits per heavy atom. The number of carbonyl (C=O) groups is 5. The number of hydrogen-bond donors (Lipinski definition) is 3. The molecule has 0 aromatic heterocycles. The van der Waals surface area contributed by atoms with E-state index in [-0.39, 0.29) is 62.6 Å². The number of benzene rings is 2. The Morgan fingerprint density at radius 3 is 2.54 bits per heavy atom. The number of nitrogens with one attached hydrogen (secondary N) is 2. The lowest BCUT2D eigenvalue weighted by atomic mass is 10.0. The summed E-state index contributed by atoms with van der Waals surface area (Å²) in [4.78, 5) is 61.1. The fourth-order valence-corrected chi connectivity index (χ4v) is 4.00. The molecular formula is C24H24N4O7. The standard InChI is InChI=1S/C24H24N4O7/c25-24(33)35-12-15-6-4-14(5-7-15)10-26-20(30)13-34-18-3-1-2-16-11-28(23(32)21(16)18)17-8-9-19(29)27-22(17)31/h1-7,17H,8-13H2,(H2,25,33)(H,26,30)(H,27,29,31). The van der Waals surface area contributed by atoms with Crippen LogP contribution in [0.25, 0.3) is 0 Å². The van der Waals surface area contributed by atoms with Crippen molar-refractivity contribution in [1.29, 1.82) is 0 Å². The molecule has 1 fully saturated rings. The lowest BCUT2D eigenvalue weighted by Gasteiger charge is -2.29. The maximum atomic E-state index is 13.1. The molecule has 1 atom stereocenters. The van der Waals surface area contributed by atoms with Crippen LogP contribution >= 0.6 is 0 Å². The molecular weight excluding hydrogens is 456 g/mol. The molecule has 1 saturated heterocycles. The number of amides is 5. The van der Waals surface area contributed by atoms with Crippen molar-refractivity contribution in [3.05, 3.63) is 64.7 Å². The van der Waals surface area contributed by atoms with Crippen LogP contribution in [-0.4, -0.2) is 47.3 Å². The highest BCUT2D eigenvalue weighted by Gasteiger charge is 2.40. The van der Waals surface area contributed by atoms with Gasteiger partial charge in [0.05, 0.1) is 5.56 Å². The molecule has 2 aromatic carbocycles. The van der Waals surface area contributed by atoms with Gasteiger partial charge in [0.1, 0.15) is 18.4 Å². The van der Waals surface area contributed by atoms with Crippen molar-refractivity contribution < 1.29 is 33.4 Å². The molecule has 0 bridgehead atoms. The first kappa shape index (κ1) is 23.7. The van der Waals surface area contributed by atoms with Crippen LogP contribution in [0.2, 0.25) is 0 Å². The van der Waals surface area contributed by atoms with Crippen molar-refractivity contribution in [1.82, 2.24) is 15.5 Å². The molecule has 2 heterocycles. The summed E-state index contributed by atoms with van der Waals surface area (Å²) in [6.45, 7) is 0.252. The van der Waals surface area contributed by atoms with Crippen molar-refractivity contribution in [3.8, 4) is 5.75 Å². The summed E-state index contributed by atoms with van der Waals surface area (Å²) in [5.41, 5.74) is 7.54. The SMILES string of the molecule is NC(=O)OCc1ccc(CNC(=O)COc2cccc3c2C(=O)N(C2CCC(=O)NC2=O)C3)cc1. The molecule has 2 aliphatic heterocycles. The Kier molecular flexibility index (Phi) is 6.95. The van der Waals surface area contributed by atoms with Gasteiger partial charge in [-0.25, -0.2) is 4.79 Å². The molecule has 5 amide bonds. The highest BCUT2D eigenvalue weighted by molar-refractivity contribution is 6.06. The summed E-state index contributed by atoms with van der Waals surface area (Å²) in [5.74, 6) is -1.32. The van der Waals surface area contributed by atoms with E-state index in [9.17, 15) is 24.0 Å². The molecule has 35 heavy (non-hydrogen) atoms. The van der Waals surface area contributed by atoms with Gasteiger partial charge in [-0.15, -0.1) is 0 Å². The average Bonchev–Trinajstić information content (AvgIpc) is 3.17. The molecule has 11 nitrogen and oxygen atoms in total. The van der Waals surface area contributed by atoms with Gasteiger partial charge >= 0.3 is 6.09 Å². The van der Waals surface area contributed by atoms with Gasteiger partial charge in [0.25, 0.3) is 11.8 Å². The molecule has 0 radical (unpaired) electrons. The summed E-state index contributed by atoms with van der Waals surface area (Å²) in [5, 5.41) is 5.01. The Morgan fingerprint density at radius 1 is 1.09 bits per heavy atom. The van der Waals surface area contributed by atoms with Gasteiger partial charge in [0.15, 0.2) is 6.61 Å². The highest BCUT2D eigenvalue weighted by atomic mass is 16.5. The predicted octanol–water partition coefficient (Wildman–Crippen LogP) is 0.738. The average molecular weight is 480 g/mol. The number of hydrogen-bond acceptors (Lipinski definition) is 7. The Balaban J connectivity index is 1.31. The summed E-state index contributed by atoms with van der Waals surface area (Å²) in [7, 11) is 0. The van der Waals surface area contributed by atoms with Gasteiger partial charge in [-0.2, -0.15) is 0 Å². The van der Waals surface area contributed by atoms with Crippen LogP contribution in [0.1, 0.15) is 39.9 Å². The van der Waals surface area contributed by atoms with Crippen LogP contribution in [0.5, 0.6) is 5.75 Å². The number of primary amides is 1. The molecule has 4 N–H and O–H groups in total. The molecule has 0 saturated carbocycles. The van der Waals surface area contributed by atoms with Gasteiger partial charge in [-0.1, -0.05) is 36.4 Å². The molecule has 11 heteroatoms. The molecule has 0 spiro atoms. The number of rotatable bonds is 8. The van der Waals surface area contributed by atoms with E-state index in [1.807, 2.05) is 0 Å². The number of fused-ring (bicyclic) bond motifs is 1. The zero-order valence-corrected chi connectivity index (χ0v) is 18.7. The largest absolute Gasteiger partial charge is 0.483 e. The normalized spacial score (nSPS) is 17.0. The Bertz CT molecular complexity index is 1180. The maximum absolute atomic E-state index is 13.1. The minimum Gasteiger partial charge on any atom is -0.483 e. The van der Waals surface area contributed by atoms with Crippen LogP contribution in [0.15, 0.2) is 42.5 Å². The van der Waals surface area contributed by atoms with Crippen molar-refractivity contribution in [3.63, 3.8) is 0 Å². The van der Waals surface area contributed by atoms with E-state index < -0.39 is 18.0 Å². The minimum atomic E-state index is -0.851. The molecule has 2 aromatic rings. The summed E-state index contributed by atoms with van der Waals surface area (Å²) in [6.07, 6.45) is -0.415. The third-order valence-electron chi connectivity index (χ3n) is 5.77. The fraction of sp³-hybridized carbons (Fsp3) is 0.292. The van der Waals surface area contributed by atoms with E-state index in [1.54, 1.807) is 42.5 Å². The number of ether oxygens (including phenoxy) is 2. The summed E-state index contributed by atoms with van der Waals surface area (Å²) >= 11 is 0. The van der Waals surface area contributed by atoms with Gasteiger partial charge in [0, 0.05) is 19.5 Å². The van der Waals surface area contributed by atoms with E-state index in [4.69, 9.17) is 15.2 Å². The second-order valence-electron chi connectivity index (χ2n) is 8.18. The maximum Gasteiger partial charge on any atom is 0.404 e. The molecule has 0 aliphatic carbocycles. The summed E-state index contributed by atoms with van der Waals surface area (Å²) < 4.78 is 10.4. The lowest BCUT2D eigenvalue weighted by molar-refractivity contribution is -0.137. The van der Waals surface area contributed by atoms with E-state index in [2.05, 4.69) is 10.6 Å². The molecule has 182 valence electrons. The third kappa shape index (κ3) is 5.57. The first-order valence-electron chi connectivity index (χ1n) is 11.0. The fourth-order valence-electron chi connectivity index (χ4n) is 4.00. The minimum absolute atomic E-state index is 0.0664. The van der Waals surface area contributed by atoms with Crippen LogP contribution < -0.4 is 21.1 Å². The van der Waals surface area contributed by atoms with Gasteiger partial charge in [0.2, 0.25) is 11.8 Å². The Labute approximate surface area is 200 Å². The predicted molar refractivity (Wildman–Crippen MR) is 121 cm³/mol. The van der Waals surface area contributed by atoms with E-state index in [0.29, 0.717) is 11.1 Å². The van der Waals surface area contributed by atoms with E-state index in [0.717, 1.165) is 11.1 Å². The van der Waals surface area contributed by atoms with Gasteiger partial charge < -0.3 is 25.4 Å². The van der Waals surface area contributed by atoms with Crippen molar-refractivity contribution in [2.24, 2.45) is 5.73 Å². The van der Waals surface area contributed by atoms with Crippen molar-refractivity contribution in [2.45, 2.75) is 38.6 Å². The third-order valence-corrected chi connectivity index (χ3v) is 5.77. The molecule has 2 aliphatic rings.